The van der Waals surface area contributed by atoms with Gasteiger partial charge in [-0.25, -0.2) is 0 Å². The van der Waals surface area contributed by atoms with Crippen LogP contribution in [0, 0.1) is 47.5 Å². The molecule has 52 heavy (non-hydrogen) atoms. The van der Waals surface area contributed by atoms with Gasteiger partial charge < -0.3 is 0 Å². The molecule has 0 nitrogen and oxygen atoms in total. The van der Waals surface area contributed by atoms with E-state index in [9.17, 15) is 0 Å². The summed E-state index contributed by atoms with van der Waals surface area (Å²) in [5, 5.41) is 6.18. The molecule has 6 aromatic rings. The van der Waals surface area contributed by atoms with Crippen LogP contribution in [0.3, 0.4) is 0 Å². The quantitative estimate of drug-likeness (QED) is 0.115. The highest BCUT2D eigenvalue weighted by atomic mass is 28.3. The zero-order chi connectivity index (χ0) is 36.9. The van der Waals surface area contributed by atoms with Crippen molar-refractivity contribution in [1.29, 1.82) is 0 Å². The van der Waals surface area contributed by atoms with Gasteiger partial charge in [0.15, 0.2) is 8.07 Å². The van der Waals surface area contributed by atoms with Crippen LogP contribution >= 0.6 is 0 Å². The summed E-state index contributed by atoms with van der Waals surface area (Å²) in [7, 11) is -2.96. The number of allylic oxidation sites excluding steroid dienone is 4. The van der Waals surface area contributed by atoms with Crippen LogP contribution in [0.5, 0.6) is 0 Å². The molecule has 1 unspecified atom stereocenters. The molecule has 0 spiro atoms. The number of benzene rings is 6. The van der Waals surface area contributed by atoms with Crippen molar-refractivity contribution < 1.29 is 0 Å². The molecule has 0 amide bonds. The SMILES string of the molecule is CC1=C(C)C(C)C([Si](c2ccc(-c3ccccc3)c(C)c2C)(c2ccc(-c3ccccc3)c(C)c2C)c2ccc(-c3ccccc3)c(C)c2C)=C1C. The molecule has 0 saturated heterocycles. The van der Waals surface area contributed by atoms with Crippen molar-refractivity contribution in [2.45, 2.75) is 69.2 Å². The molecule has 1 aliphatic carbocycles. The first-order valence-corrected chi connectivity index (χ1v) is 20.9. The number of hydrogen-bond acceptors (Lipinski definition) is 0. The Morgan fingerprint density at radius 2 is 0.654 bits per heavy atom. The lowest BCUT2D eigenvalue weighted by molar-refractivity contribution is 0.851. The molecule has 1 heteroatoms. The Bertz CT molecular complexity index is 2140. The number of rotatable bonds is 7. The Kier molecular flexibility index (Phi) is 9.44. The monoisotopic (exact) mass is 692 g/mol. The van der Waals surface area contributed by atoms with Gasteiger partial charge in [0.1, 0.15) is 0 Å². The molecule has 0 aromatic heterocycles. The minimum absolute atomic E-state index is 0.335. The molecule has 0 fully saturated rings. The van der Waals surface area contributed by atoms with Crippen LogP contribution in [-0.4, -0.2) is 8.07 Å². The van der Waals surface area contributed by atoms with E-state index in [4.69, 9.17) is 0 Å². The molecule has 0 aliphatic heterocycles. The molecule has 6 aromatic carbocycles. The van der Waals surface area contributed by atoms with Gasteiger partial charge in [0.05, 0.1) is 0 Å². The Balaban J connectivity index is 1.65. The largest absolute Gasteiger partial charge is 0.177 e. The maximum absolute atomic E-state index is 2.96. The van der Waals surface area contributed by atoms with Crippen molar-refractivity contribution in [1.82, 2.24) is 0 Å². The summed E-state index contributed by atoms with van der Waals surface area (Å²) in [6.07, 6.45) is 0. The average molecular weight is 693 g/mol. The predicted octanol–water partition coefficient (Wildman–Crippen LogP) is 11.9. The molecule has 260 valence electrons. The zero-order valence-electron chi connectivity index (χ0n) is 32.7. The second kappa shape index (κ2) is 13.9. The lowest BCUT2D eigenvalue weighted by Gasteiger charge is -2.42. The minimum Gasteiger partial charge on any atom is -0.0636 e. The smallest absolute Gasteiger partial charge is 0.0636 e. The highest BCUT2D eigenvalue weighted by Gasteiger charge is 2.50. The molecule has 7 rings (SSSR count). The fourth-order valence-electron chi connectivity index (χ4n) is 9.31. The summed E-state index contributed by atoms with van der Waals surface area (Å²) in [5.41, 5.74) is 20.6. The van der Waals surface area contributed by atoms with Crippen LogP contribution in [-0.2, 0) is 0 Å². The minimum atomic E-state index is -2.96. The summed E-state index contributed by atoms with van der Waals surface area (Å²) >= 11 is 0. The van der Waals surface area contributed by atoms with E-state index in [0.717, 1.165) is 0 Å². The van der Waals surface area contributed by atoms with Gasteiger partial charge in [-0.05, 0) is 156 Å². The summed E-state index contributed by atoms with van der Waals surface area (Å²) < 4.78 is 0. The Morgan fingerprint density at radius 3 is 0.923 bits per heavy atom. The van der Waals surface area contributed by atoms with Crippen LogP contribution in [0.15, 0.2) is 149 Å². The van der Waals surface area contributed by atoms with Gasteiger partial charge in [-0.2, -0.15) is 0 Å². The van der Waals surface area contributed by atoms with Crippen molar-refractivity contribution >= 4 is 23.6 Å². The number of hydrogen-bond donors (Lipinski definition) is 0. The van der Waals surface area contributed by atoms with Gasteiger partial charge in [-0.1, -0.05) is 151 Å². The molecule has 0 radical (unpaired) electrons. The topological polar surface area (TPSA) is 0 Å². The first-order chi connectivity index (χ1) is 25.0. The van der Waals surface area contributed by atoms with E-state index < -0.39 is 8.07 Å². The van der Waals surface area contributed by atoms with Crippen LogP contribution in [0.25, 0.3) is 33.4 Å². The van der Waals surface area contributed by atoms with E-state index in [1.807, 2.05) is 0 Å². The van der Waals surface area contributed by atoms with E-state index in [-0.39, 0.29) is 0 Å². The molecule has 0 heterocycles. The first kappa shape index (κ1) is 35.4. The highest BCUT2D eigenvalue weighted by molar-refractivity contribution is 7.17. The third kappa shape index (κ3) is 5.49. The van der Waals surface area contributed by atoms with Gasteiger partial charge in [0.2, 0.25) is 0 Å². The lowest BCUT2D eigenvalue weighted by Crippen LogP contribution is -2.71. The average Bonchev–Trinajstić information content (AvgIpc) is 3.36. The fraction of sp³-hybridized carbons (Fsp3) is 0.216. The second-order valence-corrected chi connectivity index (χ2v) is 18.8. The van der Waals surface area contributed by atoms with E-state index in [0.29, 0.717) is 5.92 Å². The van der Waals surface area contributed by atoms with Crippen molar-refractivity contribution in [3.05, 3.63) is 183 Å². The van der Waals surface area contributed by atoms with Crippen LogP contribution < -0.4 is 15.6 Å². The standard InChI is InChI=1S/C51H52Si/c1-32-33(2)41(10)51(40(32)9)52(48-29-26-45(34(3)37(48)6)42-20-14-11-15-21-42,49-30-27-46(35(4)38(49)7)43-22-16-12-17-23-43)50-31-28-47(36(5)39(50)8)44-24-18-13-19-25-44/h11-31,40H,1-10H3. The molecule has 0 saturated carbocycles. The first-order valence-electron chi connectivity index (χ1n) is 18.9. The summed E-state index contributed by atoms with van der Waals surface area (Å²) in [5.74, 6) is 0.335. The van der Waals surface area contributed by atoms with Gasteiger partial charge in [-0.3, -0.25) is 0 Å². The highest BCUT2D eigenvalue weighted by Crippen LogP contribution is 2.43. The maximum Gasteiger partial charge on any atom is 0.177 e. The lowest BCUT2D eigenvalue weighted by atomic mass is 9.96. The molecule has 0 N–H and O–H groups in total. The molecule has 1 atom stereocenters. The van der Waals surface area contributed by atoms with Crippen LogP contribution in [0.4, 0.5) is 0 Å². The Morgan fingerprint density at radius 1 is 0.346 bits per heavy atom. The van der Waals surface area contributed by atoms with Crippen molar-refractivity contribution in [2.24, 2.45) is 5.92 Å². The summed E-state index contributed by atoms with van der Waals surface area (Å²) in [4.78, 5) is 0. The Labute approximate surface area is 313 Å². The van der Waals surface area contributed by atoms with Crippen LogP contribution in [0.1, 0.15) is 61.1 Å². The van der Waals surface area contributed by atoms with Gasteiger partial charge >= 0.3 is 0 Å². The Hall–Kier alpha value is -4.98. The summed E-state index contributed by atoms with van der Waals surface area (Å²) in [6.45, 7) is 23.9. The van der Waals surface area contributed by atoms with Gasteiger partial charge in [0, 0.05) is 0 Å². The maximum atomic E-state index is 2.53. The molecule has 1 aliphatic rings. The second-order valence-electron chi connectivity index (χ2n) is 15.1. The van der Waals surface area contributed by atoms with Crippen molar-refractivity contribution in [3.63, 3.8) is 0 Å². The third-order valence-electron chi connectivity index (χ3n) is 12.9. The normalized spacial score (nSPS) is 14.8. The van der Waals surface area contributed by atoms with Crippen LogP contribution in [0.2, 0.25) is 0 Å². The van der Waals surface area contributed by atoms with E-state index in [1.165, 1.54) is 99.0 Å². The summed E-state index contributed by atoms with van der Waals surface area (Å²) in [6, 6.07) is 47.7. The van der Waals surface area contributed by atoms with E-state index in [1.54, 1.807) is 5.20 Å². The third-order valence-corrected chi connectivity index (χ3v) is 18.5. The molecular formula is C51H52Si. The fourth-order valence-corrected chi connectivity index (χ4v) is 15.9. The zero-order valence-corrected chi connectivity index (χ0v) is 33.7. The molecular weight excluding hydrogens is 641 g/mol. The van der Waals surface area contributed by atoms with Crippen molar-refractivity contribution in [2.75, 3.05) is 0 Å². The van der Waals surface area contributed by atoms with Gasteiger partial charge in [0.25, 0.3) is 0 Å². The molecule has 0 bridgehead atoms. The van der Waals surface area contributed by atoms with Crippen molar-refractivity contribution in [3.8, 4) is 33.4 Å². The van der Waals surface area contributed by atoms with E-state index >= 15 is 0 Å². The van der Waals surface area contributed by atoms with E-state index in [2.05, 4.69) is 197 Å². The van der Waals surface area contributed by atoms with Gasteiger partial charge in [-0.15, -0.1) is 0 Å². The predicted molar refractivity (Wildman–Crippen MR) is 229 cm³/mol.